The van der Waals surface area contributed by atoms with Crippen molar-refractivity contribution in [3.05, 3.63) is 47.5 Å². The zero-order valence-corrected chi connectivity index (χ0v) is 14.3. The molecule has 1 aromatic carbocycles. The topological polar surface area (TPSA) is 47.4 Å². The van der Waals surface area contributed by atoms with Crippen LogP contribution in [0.3, 0.4) is 0 Å². The van der Waals surface area contributed by atoms with Crippen molar-refractivity contribution in [2.24, 2.45) is 5.92 Å². The number of nitrogens with zero attached hydrogens (tertiary/aromatic N) is 3. The van der Waals surface area contributed by atoms with Crippen LogP contribution in [0.25, 0.3) is 5.69 Å². The smallest absolute Gasteiger partial charge is 0.274 e. The maximum Gasteiger partial charge on any atom is 0.274 e. The molecule has 2 fully saturated rings. The van der Waals surface area contributed by atoms with Gasteiger partial charge in [0, 0.05) is 12.2 Å². The Bertz CT molecular complexity index is 785. The number of aryl methyl sites for hydroxylation is 1. The summed E-state index contributed by atoms with van der Waals surface area (Å²) in [6.45, 7) is 3.65. The molecule has 2 heterocycles. The fraction of sp³-hybridized carbons (Fsp3) is 0.474. The zero-order chi connectivity index (χ0) is 17.4. The van der Waals surface area contributed by atoms with E-state index >= 15 is 0 Å². The predicted molar refractivity (Wildman–Crippen MR) is 91.2 cm³/mol. The van der Waals surface area contributed by atoms with E-state index < -0.39 is 0 Å². The van der Waals surface area contributed by atoms with Gasteiger partial charge in [-0.25, -0.2) is 9.07 Å². The van der Waals surface area contributed by atoms with Crippen LogP contribution in [0.1, 0.15) is 35.4 Å². The average molecular weight is 343 g/mol. The van der Waals surface area contributed by atoms with Gasteiger partial charge in [-0.1, -0.05) is 12.5 Å². The first kappa shape index (κ1) is 16.3. The Morgan fingerprint density at radius 3 is 2.88 bits per heavy atom. The molecule has 1 unspecified atom stereocenters. The second kappa shape index (κ2) is 6.59. The number of benzene rings is 1. The van der Waals surface area contributed by atoms with Crippen LogP contribution in [0.2, 0.25) is 0 Å². The van der Waals surface area contributed by atoms with Crippen molar-refractivity contribution >= 4 is 5.91 Å². The van der Waals surface area contributed by atoms with Crippen molar-refractivity contribution in [2.75, 3.05) is 19.8 Å². The Balaban J connectivity index is 1.60. The van der Waals surface area contributed by atoms with Crippen LogP contribution in [0.15, 0.2) is 30.3 Å². The number of hydrogen-bond donors (Lipinski definition) is 0. The number of carbonyl (C=O) groups excluding carboxylic acids is 1. The third kappa shape index (κ3) is 3.06. The van der Waals surface area contributed by atoms with Crippen LogP contribution in [0.4, 0.5) is 4.39 Å². The molecule has 1 aliphatic heterocycles. The van der Waals surface area contributed by atoms with E-state index in [0.717, 1.165) is 18.5 Å². The summed E-state index contributed by atoms with van der Waals surface area (Å²) in [6.07, 6.45) is 3.56. The number of rotatable bonds is 3. The highest BCUT2D eigenvalue weighted by molar-refractivity contribution is 5.92. The second-order valence-electron chi connectivity index (χ2n) is 6.89. The average Bonchev–Trinajstić information content (AvgIpc) is 2.95. The van der Waals surface area contributed by atoms with E-state index in [1.54, 1.807) is 22.9 Å². The van der Waals surface area contributed by atoms with Gasteiger partial charge in [0.1, 0.15) is 5.82 Å². The molecule has 5 nitrogen and oxygen atoms in total. The van der Waals surface area contributed by atoms with E-state index in [4.69, 9.17) is 4.74 Å². The van der Waals surface area contributed by atoms with E-state index in [1.165, 1.54) is 18.6 Å². The van der Waals surface area contributed by atoms with Crippen LogP contribution >= 0.6 is 0 Å². The molecule has 1 aromatic heterocycles. The van der Waals surface area contributed by atoms with Gasteiger partial charge < -0.3 is 9.64 Å². The minimum Gasteiger partial charge on any atom is -0.377 e. The van der Waals surface area contributed by atoms with Crippen molar-refractivity contribution in [2.45, 2.75) is 32.2 Å². The number of aromatic nitrogens is 2. The van der Waals surface area contributed by atoms with Gasteiger partial charge >= 0.3 is 0 Å². The molecule has 1 saturated heterocycles. The highest BCUT2D eigenvalue weighted by Gasteiger charge is 2.37. The van der Waals surface area contributed by atoms with Gasteiger partial charge in [0.05, 0.1) is 24.9 Å². The van der Waals surface area contributed by atoms with Crippen LogP contribution in [-0.4, -0.2) is 46.4 Å². The lowest BCUT2D eigenvalue weighted by molar-refractivity contribution is -0.0333. The zero-order valence-electron chi connectivity index (χ0n) is 14.3. The van der Waals surface area contributed by atoms with E-state index in [1.807, 2.05) is 11.8 Å². The van der Waals surface area contributed by atoms with Gasteiger partial charge in [0.25, 0.3) is 5.91 Å². The summed E-state index contributed by atoms with van der Waals surface area (Å²) in [5.41, 5.74) is 1.84. The fourth-order valence-electron chi connectivity index (χ4n) is 3.69. The SMILES string of the molecule is Cc1cc(C(=O)N2CCOCC2C2CCC2)nn1-c1cccc(F)c1. The summed E-state index contributed by atoms with van der Waals surface area (Å²) in [6, 6.07) is 8.16. The Kier molecular flexibility index (Phi) is 4.29. The standard InChI is InChI=1S/C19H22FN3O2/c1-13-10-17(21-23(13)16-7-3-6-15(20)11-16)19(24)22-8-9-25-12-18(22)14-4-2-5-14/h3,6-7,10-11,14,18H,2,4-5,8-9,12H2,1H3. The Morgan fingerprint density at radius 2 is 2.16 bits per heavy atom. The lowest BCUT2D eigenvalue weighted by Gasteiger charge is -2.43. The minimum absolute atomic E-state index is 0.0570. The summed E-state index contributed by atoms with van der Waals surface area (Å²) in [5.74, 6) is 0.160. The van der Waals surface area contributed by atoms with Gasteiger partial charge in [-0.15, -0.1) is 0 Å². The van der Waals surface area contributed by atoms with Gasteiger partial charge in [-0.3, -0.25) is 4.79 Å². The third-order valence-electron chi connectivity index (χ3n) is 5.28. The lowest BCUT2D eigenvalue weighted by Crippen LogP contribution is -2.53. The molecular weight excluding hydrogens is 321 g/mol. The molecule has 0 bridgehead atoms. The largest absolute Gasteiger partial charge is 0.377 e. The maximum absolute atomic E-state index is 13.5. The van der Waals surface area contributed by atoms with Crippen molar-refractivity contribution in [3.8, 4) is 5.69 Å². The lowest BCUT2D eigenvalue weighted by atomic mass is 9.79. The molecule has 132 valence electrons. The molecule has 0 spiro atoms. The van der Waals surface area contributed by atoms with Gasteiger partial charge in [0.2, 0.25) is 0 Å². The Hall–Kier alpha value is -2.21. The number of carbonyl (C=O) groups is 1. The molecule has 1 amide bonds. The normalized spacial score (nSPS) is 21.2. The Labute approximate surface area is 146 Å². The highest BCUT2D eigenvalue weighted by atomic mass is 19.1. The summed E-state index contributed by atoms with van der Waals surface area (Å²) in [7, 11) is 0. The van der Waals surface area contributed by atoms with Crippen LogP contribution in [0, 0.1) is 18.7 Å². The van der Waals surface area contributed by atoms with E-state index in [0.29, 0.717) is 37.1 Å². The summed E-state index contributed by atoms with van der Waals surface area (Å²) in [4.78, 5) is 15.0. The number of amides is 1. The molecule has 6 heteroatoms. The maximum atomic E-state index is 13.5. The second-order valence-corrected chi connectivity index (χ2v) is 6.89. The number of halogens is 1. The minimum atomic E-state index is -0.321. The number of morpholine rings is 1. The summed E-state index contributed by atoms with van der Waals surface area (Å²) in [5, 5.41) is 4.45. The molecule has 0 N–H and O–H groups in total. The van der Waals surface area contributed by atoms with E-state index in [2.05, 4.69) is 5.10 Å². The van der Waals surface area contributed by atoms with Crippen molar-refractivity contribution < 1.29 is 13.9 Å². The Morgan fingerprint density at radius 1 is 1.32 bits per heavy atom. The molecule has 4 rings (SSSR count). The van der Waals surface area contributed by atoms with Crippen LogP contribution in [0.5, 0.6) is 0 Å². The number of hydrogen-bond acceptors (Lipinski definition) is 3. The molecule has 1 atom stereocenters. The summed E-state index contributed by atoms with van der Waals surface area (Å²) < 4.78 is 20.7. The number of ether oxygens (including phenoxy) is 1. The highest BCUT2D eigenvalue weighted by Crippen LogP contribution is 2.34. The monoisotopic (exact) mass is 343 g/mol. The van der Waals surface area contributed by atoms with Crippen LogP contribution in [-0.2, 0) is 4.74 Å². The van der Waals surface area contributed by atoms with Gasteiger partial charge in [-0.05, 0) is 49.9 Å². The first-order valence-corrected chi connectivity index (χ1v) is 8.85. The van der Waals surface area contributed by atoms with Crippen molar-refractivity contribution in [1.29, 1.82) is 0 Å². The first-order valence-electron chi connectivity index (χ1n) is 8.85. The van der Waals surface area contributed by atoms with Crippen molar-refractivity contribution in [1.82, 2.24) is 14.7 Å². The van der Waals surface area contributed by atoms with Gasteiger partial charge in [0.15, 0.2) is 5.69 Å². The molecule has 1 aliphatic carbocycles. The molecule has 2 aliphatic rings. The molecular formula is C19H22FN3O2. The van der Waals surface area contributed by atoms with Crippen LogP contribution < -0.4 is 0 Å². The van der Waals surface area contributed by atoms with E-state index in [-0.39, 0.29) is 17.8 Å². The summed E-state index contributed by atoms with van der Waals surface area (Å²) >= 11 is 0. The van der Waals surface area contributed by atoms with Gasteiger partial charge in [-0.2, -0.15) is 5.10 Å². The van der Waals surface area contributed by atoms with Crippen molar-refractivity contribution in [3.63, 3.8) is 0 Å². The fourth-order valence-corrected chi connectivity index (χ4v) is 3.69. The first-order chi connectivity index (χ1) is 12.1. The predicted octanol–water partition coefficient (Wildman–Crippen LogP) is 2.96. The quantitative estimate of drug-likeness (QED) is 0.861. The molecule has 1 saturated carbocycles. The van der Waals surface area contributed by atoms with E-state index in [9.17, 15) is 9.18 Å². The third-order valence-corrected chi connectivity index (χ3v) is 5.28. The molecule has 0 radical (unpaired) electrons. The molecule has 25 heavy (non-hydrogen) atoms. The molecule has 2 aromatic rings.